The molecule has 1 aliphatic heterocycles. The number of hydrogen-bond donors (Lipinski definition) is 2. The molecule has 126 valence electrons. The van der Waals surface area contributed by atoms with Crippen molar-refractivity contribution in [2.75, 3.05) is 39.0 Å². The van der Waals surface area contributed by atoms with Crippen molar-refractivity contribution in [1.82, 2.24) is 15.5 Å². The highest BCUT2D eigenvalue weighted by atomic mass is 127. The number of guanidine groups is 1. The fourth-order valence-corrected chi connectivity index (χ4v) is 3.81. The molecular weight excluding hydrogens is 395 g/mol. The van der Waals surface area contributed by atoms with E-state index in [1.807, 2.05) is 7.05 Å². The number of likely N-dealkylation sites (N-methyl/N-ethyl adjacent to an activating group) is 1. The number of nitrogens with zero attached hydrogens (tertiary/aromatic N) is 2. The quantitative estimate of drug-likeness (QED) is 0.372. The van der Waals surface area contributed by atoms with Gasteiger partial charge in [0.1, 0.15) is 0 Å². The van der Waals surface area contributed by atoms with E-state index in [2.05, 4.69) is 60.0 Å². The van der Waals surface area contributed by atoms with Gasteiger partial charge in [-0.05, 0) is 45.9 Å². The van der Waals surface area contributed by atoms with E-state index in [0.717, 1.165) is 32.1 Å². The standard InChI is InChI=1S/C15H32N4S.HI/c1-6-19(13(2)3)10-9-17-14(16-5)18-12-15(4)8-7-11-20-15;/h13H,6-12H2,1-5H3,(H2,16,17,18);1H. The smallest absolute Gasteiger partial charge is 0.191 e. The Kier molecular flexibility index (Phi) is 11.1. The van der Waals surface area contributed by atoms with Crippen molar-refractivity contribution in [2.45, 2.75) is 51.3 Å². The summed E-state index contributed by atoms with van der Waals surface area (Å²) in [6.07, 6.45) is 2.65. The highest BCUT2D eigenvalue weighted by Gasteiger charge is 2.29. The molecule has 0 radical (unpaired) electrons. The molecule has 21 heavy (non-hydrogen) atoms. The summed E-state index contributed by atoms with van der Waals surface area (Å²) in [5.41, 5.74) is 0. The third kappa shape index (κ3) is 7.93. The average molecular weight is 428 g/mol. The fourth-order valence-electron chi connectivity index (χ4n) is 2.57. The van der Waals surface area contributed by atoms with Gasteiger partial charge in [-0.25, -0.2) is 0 Å². The number of rotatable bonds is 7. The maximum Gasteiger partial charge on any atom is 0.191 e. The minimum atomic E-state index is 0. The molecule has 0 amide bonds. The number of nitrogens with one attached hydrogen (secondary N) is 2. The molecule has 0 bridgehead atoms. The minimum absolute atomic E-state index is 0. The van der Waals surface area contributed by atoms with Crippen LogP contribution in [0.15, 0.2) is 4.99 Å². The molecule has 0 aromatic heterocycles. The Morgan fingerprint density at radius 3 is 2.57 bits per heavy atom. The van der Waals surface area contributed by atoms with Crippen LogP contribution < -0.4 is 10.6 Å². The molecule has 1 heterocycles. The molecule has 6 heteroatoms. The van der Waals surface area contributed by atoms with Crippen LogP contribution in [0.25, 0.3) is 0 Å². The van der Waals surface area contributed by atoms with E-state index in [0.29, 0.717) is 10.8 Å². The van der Waals surface area contributed by atoms with Crippen LogP contribution in [0.5, 0.6) is 0 Å². The molecule has 1 atom stereocenters. The molecule has 1 unspecified atom stereocenters. The van der Waals surface area contributed by atoms with E-state index in [-0.39, 0.29) is 24.0 Å². The van der Waals surface area contributed by atoms with Crippen molar-refractivity contribution < 1.29 is 0 Å². The maximum atomic E-state index is 4.31. The van der Waals surface area contributed by atoms with E-state index < -0.39 is 0 Å². The normalized spacial score (nSPS) is 22.5. The molecule has 1 saturated heterocycles. The summed E-state index contributed by atoms with van der Waals surface area (Å²) in [5.74, 6) is 2.22. The first-order valence-corrected chi connectivity index (χ1v) is 8.82. The fraction of sp³-hybridized carbons (Fsp3) is 0.933. The number of aliphatic imine (C=N–C) groups is 1. The van der Waals surface area contributed by atoms with Gasteiger partial charge in [-0.15, -0.1) is 24.0 Å². The second-order valence-corrected chi connectivity index (χ2v) is 7.66. The monoisotopic (exact) mass is 428 g/mol. The SMILES string of the molecule is CCN(CCNC(=NC)NCC1(C)CCCS1)C(C)C.I. The molecule has 0 aromatic rings. The summed E-state index contributed by atoms with van der Waals surface area (Å²) in [6, 6.07) is 0.602. The van der Waals surface area contributed by atoms with Gasteiger partial charge in [0.05, 0.1) is 0 Å². The van der Waals surface area contributed by atoms with Crippen LogP contribution in [0.3, 0.4) is 0 Å². The van der Waals surface area contributed by atoms with E-state index in [4.69, 9.17) is 0 Å². The Hall–Kier alpha value is 0.310. The summed E-state index contributed by atoms with van der Waals surface area (Å²) in [4.78, 5) is 6.77. The molecular formula is C15H33IN4S. The maximum absolute atomic E-state index is 4.31. The molecule has 0 saturated carbocycles. The van der Waals surface area contributed by atoms with Gasteiger partial charge in [-0.3, -0.25) is 9.89 Å². The summed E-state index contributed by atoms with van der Waals surface area (Å²) in [5, 5.41) is 6.89. The summed E-state index contributed by atoms with van der Waals surface area (Å²) in [6.45, 7) is 13.1. The Bertz CT molecular complexity index is 304. The third-order valence-corrected chi connectivity index (χ3v) is 5.52. The first kappa shape index (κ1) is 21.3. The third-order valence-electron chi connectivity index (χ3n) is 3.98. The lowest BCUT2D eigenvalue weighted by atomic mass is 10.1. The zero-order valence-electron chi connectivity index (χ0n) is 14.2. The van der Waals surface area contributed by atoms with Crippen molar-refractivity contribution in [1.29, 1.82) is 0 Å². The highest BCUT2D eigenvalue weighted by Crippen LogP contribution is 2.36. The van der Waals surface area contributed by atoms with Crippen molar-refractivity contribution in [3.63, 3.8) is 0 Å². The Labute approximate surface area is 152 Å². The van der Waals surface area contributed by atoms with E-state index in [1.165, 1.54) is 18.6 Å². The lowest BCUT2D eigenvalue weighted by molar-refractivity contribution is 0.237. The van der Waals surface area contributed by atoms with Gasteiger partial charge in [0, 0.05) is 37.5 Å². The van der Waals surface area contributed by atoms with Gasteiger partial charge in [-0.2, -0.15) is 11.8 Å². The van der Waals surface area contributed by atoms with E-state index >= 15 is 0 Å². The van der Waals surface area contributed by atoms with Crippen molar-refractivity contribution in [2.24, 2.45) is 4.99 Å². The van der Waals surface area contributed by atoms with Gasteiger partial charge in [-0.1, -0.05) is 6.92 Å². The summed E-state index contributed by atoms with van der Waals surface area (Å²) < 4.78 is 0.380. The van der Waals surface area contributed by atoms with Gasteiger partial charge < -0.3 is 10.6 Å². The average Bonchev–Trinajstić information content (AvgIpc) is 2.85. The number of hydrogen-bond acceptors (Lipinski definition) is 3. The van der Waals surface area contributed by atoms with Crippen molar-refractivity contribution in [3.05, 3.63) is 0 Å². The van der Waals surface area contributed by atoms with Crippen LogP contribution in [-0.2, 0) is 0 Å². The topological polar surface area (TPSA) is 39.7 Å². The summed E-state index contributed by atoms with van der Waals surface area (Å²) in [7, 11) is 1.85. The Balaban J connectivity index is 0.00000400. The first-order chi connectivity index (χ1) is 9.50. The molecule has 1 fully saturated rings. The molecule has 2 N–H and O–H groups in total. The predicted octanol–water partition coefficient (Wildman–Crippen LogP) is 2.79. The molecule has 0 aromatic carbocycles. The second-order valence-electron chi connectivity index (χ2n) is 5.98. The zero-order valence-corrected chi connectivity index (χ0v) is 17.4. The highest BCUT2D eigenvalue weighted by molar-refractivity contribution is 14.0. The summed E-state index contributed by atoms with van der Waals surface area (Å²) >= 11 is 2.08. The van der Waals surface area contributed by atoms with Gasteiger partial charge in [0.15, 0.2) is 5.96 Å². The van der Waals surface area contributed by atoms with E-state index in [1.54, 1.807) is 0 Å². The van der Waals surface area contributed by atoms with Crippen LogP contribution in [0.2, 0.25) is 0 Å². The van der Waals surface area contributed by atoms with Crippen LogP contribution >= 0.6 is 35.7 Å². The van der Waals surface area contributed by atoms with Gasteiger partial charge in [0.25, 0.3) is 0 Å². The minimum Gasteiger partial charge on any atom is -0.355 e. The first-order valence-electron chi connectivity index (χ1n) is 7.83. The van der Waals surface area contributed by atoms with E-state index in [9.17, 15) is 0 Å². The van der Waals surface area contributed by atoms with Crippen molar-refractivity contribution >= 4 is 41.7 Å². The molecule has 0 aliphatic carbocycles. The number of halogens is 1. The molecule has 0 spiro atoms. The van der Waals surface area contributed by atoms with Crippen LogP contribution in [0.4, 0.5) is 0 Å². The Morgan fingerprint density at radius 2 is 2.10 bits per heavy atom. The predicted molar refractivity (Wildman–Crippen MR) is 107 cm³/mol. The van der Waals surface area contributed by atoms with Gasteiger partial charge >= 0.3 is 0 Å². The second kappa shape index (κ2) is 10.9. The van der Waals surface area contributed by atoms with Crippen LogP contribution in [0.1, 0.15) is 40.5 Å². The number of thioether (sulfide) groups is 1. The zero-order chi connectivity index (χ0) is 15.0. The van der Waals surface area contributed by atoms with Crippen LogP contribution in [-0.4, -0.2) is 60.6 Å². The van der Waals surface area contributed by atoms with Gasteiger partial charge in [0.2, 0.25) is 0 Å². The molecule has 4 nitrogen and oxygen atoms in total. The largest absolute Gasteiger partial charge is 0.355 e. The van der Waals surface area contributed by atoms with Crippen molar-refractivity contribution in [3.8, 4) is 0 Å². The van der Waals surface area contributed by atoms with Crippen LogP contribution in [0, 0.1) is 0 Å². The lowest BCUT2D eigenvalue weighted by Crippen LogP contribution is -2.46. The molecule has 1 aliphatic rings. The molecule has 1 rings (SSSR count). The lowest BCUT2D eigenvalue weighted by Gasteiger charge is -2.26. The Morgan fingerprint density at radius 1 is 1.38 bits per heavy atom.